The third kappa shape index (κ3) is 2.95. The SMILES string of the molecule is CC(C)n1c(CN2CC(C)(O)C2)nc2c(N)nc3cc(-c4ccn[nH]4)ccc3c21. The van der Waals surface area contributed by atoms with E-state index in [2.05, 4.69) is 50.6 Å². The molecule has 1 aliphatic heterocycles. The minimum atomic E-state index is -0.606. The largest absolute Gasteiger partial charge is 0.388 e. The second-order valence-corrected chi connectivity index (χ2v) is 8.53. The van der Waals surface area contributed by atoms with Crippen molar-refractivity contribution in [2.75, 3.05) is 18.8 Å². The van der Waals surface area contributed by atoms with Crippen LogP contribution in [-0.2, 0) is 6.54 Å². The number of nitrogens with two attached hydrogens (primary N) is 1. The van der Waals surface area contributed by atoms with Crippen LogP contribution in [0.2, 0.25) is 0 Å². The molecular weight excluding hydrogens is 366 g/mol. The lowest BCUT2D eigenvalue weighted by Crippen LogP contribution is -2.59. The van der Waals surface area contributed by atoms with E-state index in [1.165, 1.54) is 0 Å². The Morgan fingerprint density at radius 2 is 2.03 bits per heavy atom. The second kappa shape index (κ2) is 6.27. The standard InChI is InChI=1S/C21H25N7O/c1-12(2)28-17(9-27-10-21(3,29)11-27)25-18-19(28)14-5-4-13(15-6-7-23-26-15)8-16(14)24-20(18)22/h4-8,12,29H,9-11H2,1-3H3,(H2,22,24)(H,23,26). The average molecular weight is 391 g/mol. The molecule has 150 valence electrons. The molecule has 5 rings (SSSR count). The van der Waals surface area contributed by atoms with Crippen LogP contribution >= 0.6 is 0 Å². The van der Waals surface area contributed by atoms with E-state index < -0.39 is 5.60 Å². The van der Waals surface area contributed by atoms with Crippen molar-refractivity contribution in [2.24, 2.45) is 0 Å². The molecule has 0 amide bonds. The molecule has 1 aromatic carbocycles. The van der Waals surface area contributed by atoms with Crippen molar-refractivity contribution in [1.82, 2.24) is 29.6 Å². The Morgan fingerprint density at radius 1 is 1.24 bits per heavy atom. The molecule has 0 bridgehead atoms. The number of aromatic nitrogens is 5. The van der Waals surface area contributed by atoms with Crippen molar-refractivity contribution in [3.8, 4) is 11.3 Å². The van der Waals surface area contributed by atoms with Gasteiger partial charge in [-0.05, 0) is 39.0 Å². The van der Waals surface area contributed by atoms with Gasteiger partial charge in [0.2, 0.25) is 0 Å². The maximum absolute atomic E-state index is 10.1. The van der Waals surface area contributed by atoms with Crippen molar-refractivity contribution in [3.63, 3.8) is 0 Å². The summed E-state index contributed by atoms with van der Waals surface area (Å²) in [6.07, 6.45) is 1.73. The minimum Gasteiger partial charge on any atom is -0.388 e. The summed E-state index contributed by atoms with van der Waals surface area (Å²) in [7, 11) is 0. The Hall–Kier alpha value is -2.97. The average Bonchev–Trinajstić information content (AvgIpc) is 3.28. The number of likely N-dealkylation sites (tertiary alicyclic amines) is 1. The van der Waals surface area contributed by atoms with E-state index in [9.17, 15) is 5.11 Å². The summed E-state index contributed by atoms with van der Waals surface area (Å²) in [6, 6.07) is 8.33. The predicted molar refractivity (Wildman–Crippen MR) is 113 cm³/mol. The van der Waals surface area contributed by atoms with Gasteiger partial charge in [-0.3, -0.25) is 10.00 Å². The van der Waals surface area contributed by atoms with Crippen LogP contribution in [0.3, 0.4) is 0 Å². The van der Waals surface area contributed by atoms with E-state index in [0.717, 1.165) is 39.0 Å². The molecule has 0 unspecified atom stereocenters. The molecule has 4 aromatic rings. The van der Waals surface area contributed by atoms with Gasteiger partial charge in [-0.25, -0.2) is 9.97 Å². The van der Waals surface area contributed by atoms with Gasteiger partial charge in [0.1, 0.15) is 11.3 Å². The summed E-state index contributed by atoms with van der Waals surface area (Å²) in [4.78, 5) is 11.7. The number of rotatable bonds is 4. The first kappa shape index (κ1) is 18.1. The van der Waals surface area contributed by atoms with Gasteiger partial charge in [0, 0.05) is 36.3 Å². The van der Waals surface area contributed by atoms with Gasteiger partial charge >= 0.3 is 0 Å². The first-order valence-electron chi connectivity index (χ1n) is 9.87. The van der Waals surface area contributed by atoms with Gasteiger partial charge in [0.15, 0.2) is 5.82 Å². The topological polar surface area (TPSA) is 109 Å². The summed E-state index contributed by atoms with van der Waals surface area (Å²) in [5.74, 6) is 1.38. The number of hydrogen-bond acceptors (Lipinski definition) is 6. The maximum Gasteiger partial charge on any atom is 0.152 e. The summed E-state index contributed by atoms with van der Waals surface area (Å²) >= 11 is 0. The number of pyridine rings is 1. The van der Waals surface area contributed by atoms with Crippen LogP contribution in [-0.4, -0.2) is 53.4 Å². The number of nitrogens with zero attached hydrogens (tertiary/aromatic N) is 5. The molecule has 1 aliphatic rings. The normalized spacial score (nSPS) is 16.7. The van der Waals surface area contributed by atoms with E-state index >= 15 is 0 Å². The number of β-amino-alcohol motifs (C(OH)–C–C–N with tert-alkyl or cyclic N) is 1. The summed E-state index contributed by atoms with van der Waals surface area (Å²) in [6.45, 7) is 8.14. The zero-order valence-corrected chi connectivity index (χ0v) is 16.8. The molecule has 0 aliphatic carbocycles. The number of fused-ring (bicyclic) bond motifs is 3. The van der Waals surface area contributed by atoms with E-state index in [4.69, 9.17) is 10.7 Å². The fourth-order valence-corrected chi connectivity index (χ4v) is 4.40. The Balaban J connectivity index is 1.67. The molecule has 4 N–H and O–H groups in total. The smallest absolute Gasteiger partial charge is 0.152 e. The number of nitrogen functional groups attached to an aromatic ring is 1. The highest BCUT2D eigenvalue weighted by Gasteiger charge is 2.37. The fourth-order valence-electron chi connectivity index (χ4n) is 4.40. The predicted octanol–water partition coefficient (Wildman–Crippen LogP) is 2.70. The fraction of sp³-hybridized carbons (Fsp3) is 0.381. The third-order valence-corrected chi connectivity index (χ3v) is 5.54. The van der Waals surface area contributed by atoms with Gasteiger partial charge < -0.3 is 15.4 Å². The van der Waals surface area contributed by atoms with Gasteiger partial charge in [0.05, 0.1) is 28.9 Å². The molecule has 1 saturated heterocycles. The lowest BCUT2D eigenvalue weighted by atomic mass is 9.97. The van der Waals surface area contributed by atoms with Crippen LogP contribution in [0, 0.1) is 0 Å². The molecule has 8 heteroatoms. The Labute approximate surface area is 168 Å². The Bertz CT molecular complexity index is 1200. The van der Waals surface area contributed by atoms with E-state index in [-0.39, 0.29) is 6.04 Å². The van der Waals surface area contributed by atoms with E-state index in [1.807, 2.05) is 19.1 Å². The third-order valence-electron chi connectivity index (χ3n) is 5.54. The molecular formula is C21H25N7O. The minimum absolute atomic E-state index is 0.217. The van der Waals surface area contributed by atoms with Gasteiger partial charge in [-0.15, -0.1) is 0 Å². The van der Waals surface area contributed by atoms with Crippen LogP contribution in [0.4, 0.5) is 5.82 Å². The van der Waals surface area contributed by atoms with Crippen molar-refractivity contribution in [3.05, 3.63) is 36.3 Å². The number of aliphatic hydroxyl groups is 1. The highest BCUT2D eigenvalue weighted by molar-refractivity contribution is 6.07. The first-order chi connectivity index (χ1) is 13.8. The number of hydrogen-bond donors (Lipinski definition) is 3. The van der Waals surface area contributed by atoms with Crippen LogP contribution in [0.25, 0.3) is 33.2 Å². The lowest BCUT2D eigenvalue weighted by molar-refractivity contribution is -0.0883. The second-order valence-electron chi connectivity index (χ2n) is 8.53. The molecule has 29 heavy (non-hydrogen) atoms. The number of nitrogens with one attached hydrogen (secondary N) is 1. The molecule has 0 atom stereocenters. The van der Waals surface area contributed by atoms with Crippen LogP contribution < -0.4 is 5.73 Å². The van der Waals surface area contributed by atoms with Crippen molar-refractivity contribution in [1.29, 1.82) is 0 Å². The lowest BCUT2D eigenvalue weighted by Gasteiger charge is -2.44. The Morgan fingerprint density at radius 3 is 2.69 bits per heavy atom. The van der Waals surface area contributed by atoms with Crippen LogP contribution in [0.1, 0.15) is 32.6 Å². The number of anilines is 1. The summed E-state index contributed by atoms with van der Waals surface area (Å²) < 4.78 is 2.25. The molecule has 0 saturated carbocycles. The highest BCUT2D eigenvalue weighted by Crippen LogP contribution is 2.34. The molecule has 0 spiro atoms. The van der Waals surface area contributed by atoms with Gasteiger partial charge in [-0.1, -0.05) is 6.07 Å². The highest BCUT2D eigenvalue weighted by atomic mass is 16.3. The molecule has 4 heterocycles. The molecule has 3 aromatic heterocycles. The van der Waals surface area contributed by atoms with Gasteiger partial charge in [0.25, 0.3) is 0 Å². The first-order valence-corrected chi connectivity index (χ1v) is 9.87. The molecule has 0 radical (unpaired) electrons. The van der Waals surface area contributed by atoms with Crippen molar-refractivity contribution >= 4 is 27.8 Å². The summed E-state index contributed by atoms with van der Waals surface area (Å²) in [5.41, 5.74) is 10.3. The quantitative estimate of drug-likeness (QED) is 0.493. The number of H-pyrrole nitrogens is 1. The summed E-state index contributed by atoms with van der Waals surface area (Å²) in [5, 5.41) is 18.1. The monoisotopic (exact) mass is 391 g/mol. The van der Waals surface area contributed by atoms with E-state index in [1.54, 1.807) is 6.20 Å². The number of benzene rings is 1. The molecule has 8 nitrogen and oxygen atoms in total. The van der Waals surface area contributed by atoms with Gasteiger partial charge in [-0.2, -0.15) is 5.10 Å². The number of imidazole rings is 1. The zero-order valence-electron chi connectivity index (χ0n) is 16.8. The number of aromatic amines is 1. The molecule has 1 fully saturated rings. The van der Waals surface area contributed by atoms with Crippen molar-refractivity contribution in [2.45, 2.75) is 39.0 Å². The van der Waals surface area contributed by atoms with E-state index in [0.29, 0.717) is 25.5 Å². The van der Waals surface area contributed by atoms with Crippen LogP contribution in [0.5, 0.6) is 0 Å². The Kier molecular flexibility index (Phi) is 3.91. The maximum atomic E-state index is 10.1. The van der Waals surface area contributed by atoms with Crippen molar-refractivity contribution < 1.29 is 5.11 Å². The van der Waals surface area contributed by atoms with Crippen LogP contribution in [0.15, 0.2) is 30.5 Å². The zero-order chi connectivity index (χ0) is 20.3.